The zero-order valence-electron chi connectivity index (χ0n) is 17.1. The van der Waals surface area contributed by atoms with Crippen LogP contribution in [0, 0.1) is 0 Å². The lowest BCUT2D eigenvalue weighted by Gasteiger charge is -2.19. The lowest BCUT2D eigenvalue weighted by atomic mass is 10.2. The number of para-hydroxylation sites is 1. The summed E-state index contributed by atoms with van der Waals surface area (Å²) in [6, 6.07) is 19.0. The first kappa shape index (κ1) is 20.5. The van der Waals surface area contributed by atoms with Gasteiger partial charge in [0.25, 0.3) is 15.9 Å². The van der Waals surface area contributed by atoms with Gasteiger partial charge in [-0.3, -0.25) is 14.4 Å². The number of fused-ring (bicyclic) bond motifs is 2. The largest absolute Gasteiger partial charge is 0.497 e. The second kappa shape index (κ2) is 7.92. The SMILES string of the molecule is COc1ccc2nc(NC(=O)c3cccc(S(=O)(=O)N4CCc5ccccc54)c3)sc2c1. The maximum absolute atomic E-state index is 13.3. The van der Waals surface area contributed by atoms with Gasteiger partial charge in [-0.1, -0.05) is 35.6 Å². The maximum Gasteiger partial charge on any atom is 0.264 e. The molecule has 1 aliphatic rings. The summed E-state index contributed by atoms with van der Waals surface area (Å²) < 4.78 is 34.1. The molecule has 1 N–H and O–H groups in total. The van der Waals surface area contributed by atoms with E-state index < -0.39 is 15.9 Å². The van der Waals surface area contributed by atoms with Gasteiger partial charge in [-0.05, 0) is 54.4 Å². The van der Waals surface area contributed by atoms with Gasteiger partial charge < -0.3 is 4.74 Å². The minimum absolute atomic E-state index is 0.0795. The number of hydrogen-bond acceptors (Lipinski definition) is 6. The zero-order valence-corrected chi connectivity index (χ0v) is 18.7. The number of thiazole rings is 1. The fourth-order valence-corrected chi connectivity index (χ4v) is 6.18. The van der Waals surface area contributed by atoms with Crippen LogP contribution in [0.3, 0.4) is 0 Å². The third-order valence-corrected chi connectivity index (χ3v) is 8.09. The maximum atomic E-state index is 13.3. The number of rotatable bonds is 5. The molecular formula is C23H19N3O4S2. The number of anilines is 2. The summed E-state index contributed by atoms with van der Waals surface area (Å²) in [6.45, 7) is 0.382. The third-order valence-electron chi connectivity index (χ3n) is 5.34. The van der Waals surface area contributed by atoms with Gasteiger partial charge in [0.1, 0.15) is 5.75 Å². The molecule has 7 nitrogen and oxygen atoms in total. The number of carbonyl (C=O) groups excluding carboxylic acids is 1. The number of nitrogens with zero attached hydrogens (tertiary/aromatic N) is 2. The highest BCUT2D eigenvalue weighted by molar-refractivity contribution is 7.92. The molecule has 0 bridgehead atoms. The van der Waals surface area contributed by atoms with Crippen LogP contribution >= 0.6 is 11.3 Å². The number of methoxy groups -OCH3 is 1. The Morgan fingerprint density at radius 1 is 1.09 bits per heavy atom. The summed E-state index contributed by atoms with van der Waals surface area (Å²) in [5, 5.41) is 3.20. The highest BCUT2D eigenvalue weighted by Gasteiger charge is 2.31. The van der Waals surface area contributed by atoms with E-state index in [4.69, 9.17) is 4.74 Å². The highest BCUT2D eigenvalue weighted by atomic mass is 32.2. The molecule has 0 radical (unpaired) electrons. The quantitative estimate of drug-likeness (QED) is 0.475. The van der Waals surface area contributed by atoms with E-state index in [1.807, 2.05) is 30.3 Å². The van der Waals surface area contributed by atoms with Gasteiger partial charge in [0, 0.05) is 12.1 Å². The molecule has 1 aliphatic heterocycles. The van der Waals surface area contributed by atoms with E-state index in [1.165, 1.54) is 27.8 Å². The number of ether oxygens (including phenoxy) is 1. The summed E-state index contributed by atoms with van der Waals surface area (Å²) >= 11 is 1.32. The normalized spacial score (nSPS) is 13.2. The molecule has 0 atom stereocenters. The molecule has 2 heterocycles. The van der Waals surface area contributed by atoms with E-state index in [0.29, 0.717) is 29.5 Å². The molecular weight excluding hydrogens is 446 g/mol. The Kier molecular flexibility index (Phi) is 5.07. The van der Waals surface area contributed by atoms with Crippen molar-refractivity contribution < 1.29 is 17.9 Å². The van der Waals surface area contributed by atoms with Crippen molar-refractivity contribution in [2.45, 2.75) is 11.3 Å². The molecule has 9 heteroatoms. The molecule has 1 amide bonds. The van der Waals surface area contributed by atoms with Gasteiger partial charge in [-0.25, -0.2) is 13.4 Å². The van der Waals surface area contributed by atoms with Gasteiger partial charge in [-0.15, -0.1) is 0 Å². The van der Waals surface area contributed by atoms with Crippen molar-refractivity contribution in [3.63, 3.8) is 0 Å². The summed E-state index contributed by atoms with van der Waals surface area (Å²) in [5.41, 5.74) is 2.68. The number of aromatic nitrogens is 1. The second-order valence-corrected chi connectivity index (χ2v) is 10.2. The smallest absolute Gasteiger partial charge is 0.264 e. The van der Waals surface area contributed by atoms with Crippen LogP contribution in [0.5, 0.6) is 5.75 Å². The van der Waals surface area contributed by atoms with Crippen LogP contribution in [-0.4, -0.2) is 33.0 Å². The van der Waals surface area contributed by atoms with Gasteiger partial charge in [-0.2, -0.15) is 0 Å². The number of carbonyl (C=O) groups is 1. The summed E-state index contributed by atoms with van der Waals surface area (Å²) in [5.74, 6) is 0.287. The number of amides is 1. The summed E-state index contributed by atoms with van der Waals surface area (Å²) in [7, 11) is -2.19. The minimum Gasteiger partial charge on any atom is -0.497 e. The standard InChI is InChI=1S/C23H19N3O4S2/c1-30-17-9-10-19-21(14-17)31-23(24-19)25-22(27)16-6-4-7-18(13-16)32(28,29)26-12-11-15-5-2-3-8-20(15)26/h2-10,13-14H,11-12H2,1H3,(H,24,25,27). The van der Waals surface area contributed by atoms with Crippen LogP contribution in [0.25, 0.3) is 10.2 Å². The Bertz CT molecular complexity index is 1450. The Morgan fingerprint density at radius 2 is 1.94 bits per heavy atom. The molecule has 32 heavy (non-hydrogen) atoms. The highest BCUT2D eigenvalue weighted by Crippen LogP contribution is 2.33. The van der Waals surface area contributed by atoms with Crippen molar-refractivity contribution in [1.29, 1.82) is 0 Å². The van der Waals surface area contributed by atoms with Gasteiger partial charge in [0.2, 0.25) is 0 Å². The minimum atomic E-state index is -3.78. The molecule has 0 aliphatic carbocycles. The Hall–Kier alpha value is -3.43. The van der Waals surface area contributed by atoms with Crippen LogP contribution in [0.4, 0.5) is 10.8 Å². The van der Waals surface area contributed by atoms with E-state index in [2.05, 4.69) is 10.3 Å². The van der Waals surface area contributed by atoms with Crippen molar-refractivity contribution in [3.8, 4) is 5.75 Å². The average molecular weight is 466 g/mol. The number of sulfonamides is 1. The molecule has 0 unspecified atom stereocenters. The predicted octanol–water partition coefficient (Wildman–Crippen LogP) is 4.31. The van der Waals surface area contributed by atoms with Crippen molar-refractivity contribution in [2.75, 3.05) is 23.3 Å². The molecule has 3 aromatic carbocycles. The zero-order chi connectivity index (χ0) is 22.3. The van der Waals surface area contributed by atoms with Crippen LogP contribution in [0.15, 0.2) is 71.6 Å². The van der Waals surface area contributed by atoms with Crippen LogP contribution in [0.2, 0.25) is 0 Å². The van der Waals surface area contributed by atoms with Gasteiger partial charge >= 0.3 is 0 Å². The fraction of sp³-hybridized carbons (Fsp3) is 0.130. The first-order chi connectivity index (χ1) is 15.5. The van der Waals surface area contributed by atoms with Crippen LogP contribution < -0.4 is 14.4 Å². The Morgan fingerprint density at radius 3 is 2.78 bits per heavy atom. The fourth-order valence-electron chi connectivity index (χ4n) is 3.74. The van der Waals surface area contributed by atoms with E-state index in [-0.39, 0.29) is 10.5 Å². The Balaban J connectivity index is 1.41. The Labute approximate surface area is 189 Å². The summed E-state index contributed by atoms with van der Waals surface area (Å²) in [4.78, 5) is 17.3. The van der Waals surface area contributed by atoms with Crippen LogP contribution in [-0.2, 0) is 16.4 Å². The second-order valence-electron chi connectivity index (χ2n) is 7.29. The van der Waals surface area contributed by atoms with E-state index in [0.717, 1.165) is 15.8 Å². The van der Waals surface area contributed by atoms with Crippen molar-refractivity contribution in [1.82, 2.24) is 4.98 Å². The molecule has 0 saturated heterocycles. The molecule has 0 fully saturated rings. The van der Waals surface area contributed by atoms with E-state index in [1.54, 1.807) is 31.4 Å². The number of benzene rings is 3. The third kappa shape index (κ3) is 3.59. The lowest BCUT2D eigenvalue weighted by molar-refractivity contribution is 0.102. The number of hydrogen-bond donors (Lipinski definition) is 1. The van der Waals surface area contributed by atoms with Gasteiger partial charge in [0.15, 0.2) is 5.13 Å². The monoisotopic (exact) mass is 465 g/mol. The average Bonchev–Trinajstić information content (AvgIpc) is 3.42. The molecule has 0 spiro atoms. The molecule has 162 valence electrons. The van der Waals surface area contributed by atoms with Crippen molar-refractivity contribution in [2.24, 2.45) is 0 Å². The molecule has 0 saturated carbocycles. The van der Waals surface area contributed by atoms with E-state index >= 15 is 0 Å². The van der Waals surface area contributed by atoms with Gasteiger partial charge in [0.05, 0.1) is 27.9 Å². The molecule has 5 rings (SSSR count). The van der Waals surface area contributed by atoms with Crippen molar-refractivity contribution >= 4 is 48.3 Å². The lowest BCUT2D eigenvalue weighted by Crippen LogP contribution is -2.29. The predicted molar refractivity (Wildman–Crippen MR) is 125 cm³/mol. The van der Waals surface area contributed by atoms with Crippen molar-refractivity contribution in [3.05, 3.63) is 77.9 Å². The van der Waals surface area contributed by atoms with Crippen LogP contribution in [0.1, 0.15) is 15.9 Å². The first-order valence-corrected chi connectivity index (χ1v) is 12.2. The van der Waals surface area contributed by atoms with E-state index in [9.17, 15) is 13.2 Å². The molecule has 1 aromatic heterocycles. The number of nitrogens with one attached hydrogen (secondary N) is 1. The molecule has 4 aromatic rings. The summed E-state index contributed by atoms with van der Waals surface area (Å²) in [6.07, 6.45) is 0.665. The topological polar surface area (TPSA) is 88.6 Å². The first-order valence-electron chi connectivity index (χ1n) is 9.92.